The van der Waals surface area contributed by atoms with Crippen LogP contribution in [0.25, 0.3) is 11.3 Å². The Morgan fingerprint density at radius 1 is 0.972 bits per heavy atom. The molecule has 0 aliphatic rings. The molecule has 2 heterocycles. The van der Waals surface area contributed by atoms with Gasteiger partial charge in [0.15, 0.2) is 10.7 Å². The van der Waals surface area contributed by atoms with Gasteiger partial charge in [0, 0.05) is 11.3 Å². The highest BCUT2D eigenvalue weighted by atomic mass is 32.2. The second-order valence-electron chi connectivity index (χ2n) is 7.26. The molecule has 2 N–H and O–H groups in total. The lowest BCUT2D eigenvalue weighted by atomic mass is 10.2. The van der Waals surface area contributed by atoms with Gasteiger partial charge in [-0.1, -0.05) is 30.3 Å². The first-order chi connectivity index (χ1) is 17.1. The summed E-state index contributed by atoms with van der Waals surface area (Å²) < 4.78 is 76.8. The van der Waals surface area contributed by atoms with Crippen LogP contribution in [0, 0.1) is 0 Å². The molecular weight excluding hydrogens is 501 g/mol. The standard InChI is InChI=1S/C23H17F3N4O5S/c1-34-21-19(36(32,33)30-16-9-7-15(8-10-16)23(24,25)26)11-17(12-27-21)29-20(31)22-28-13-18(35-22)14-5-3-2-4-6-14/h2-13,30H,1H3,(H,29,31). The fourth-order valence-corrected chi connectivity index (χ4v) is 4.29. The number of nitrogens with zero attached hydrogens (tertiary/aromatic N) is 2. The van der Waals surface area contributed by atoms with Gasteiger partial charge in [-0.3, -0.25) is 9.52 Å². The normalized spacial score (nSPS) is 11.7. The van der Waals surface area contributed by atoms with Crippen molar-refractivity contribution in [3.63, 3.8) is 0 Å². The number of anilines is 2. The number of carbonyl (C=O) groups is 1. The van der Waals surface area contributed by atoms with Gasteiger partial charge in [-0.2, -0.15) is 13.2 Å². The maximum atomic E-state index is 12.9. The van der Waals surface area contributed by atoms with Crippen LogP contribution in [0.15, 0.2) is 82.4 Å². The molecule has 0 aliphatic carbocycles. The molecule has 9 nitrogen and oxygen atoms in total. The lowest BCUT2D eigenvalue weighted by molar-refractivity contribution is -0.137. The van der Waals surface area contributed by atoms with Gasteiger partial charge in [-0.15, -0.1) is 0 Å². The number of hydrogen-bond acceptors (Lipinski definition) is 7. The number of hydrogen-bond donors (Lipinski definition) is 2. The zero-order valence-electron chi connectivity index (χ0n) is 18.4. The van der Waals surface area contributed by atoms with Crippen LogP contribution in [-0.4, -0.2) is 31.4 Å². The zero-order valence-corrected chi connectivity index (χ0v) is 19.2. The van der Waals surface area contributed by atoms with Gasteiger partial charge in [0.1, 0.15) is 0 Å². The van der Waals surface area contributed by atoms with Crippen LogP contribution in [0.1, 0.15) is 16.2 Å². The summed E-state index contributed by atoms with van der Waals surface area (Å²) in [6, 6.07) is 13.5. The van der Waals surface area contributed by atoms with E-state index in [9.17, 15) is 26.4 Å². The predicted molar refractivity (Wildman–Crippen MR) is 123 cm³/mol. The van der Waals surface area contributed by atoms with Crippen LogP contribution in [-0.2, 0) is 16.2 Å². The quantitative estimate of drug-likeness (QED) is 0.360. The van der Waals surface area contributed by atoms with Crippen molar-refractivity contribution in [2.75, 3.05) is 17.1 Å². The van der Waals surface area contributed by atoms with Crippen molar-refractivity contribution in [1.29, 1.82) is 0 Å². The van der Waals surface area contributed by atoms with Gasteiger partial charge in [-0.05, 0) is 30.3 Å². The summed E-state index contributed by atoms with van der Waals surface area (Å²) in [7, 11) is -3.18. The number of rotatable bonds is 7. The van der Waals surface area contributed by atoms with Crippen molar-refractivity contribution < 1.29 is 35.5 Å². The molecule has 0 atom stereocenters. The summed E-state index contributed by atoms with van der Waals surface area (Å²) >= 11 is 0. The lowest BCUT2D eigenvalue weighted by Crippen LogP contribution is -2.17. The second-order valence-corrected chi connectivity index (χ2v) is 8.91. The molecule has 2 aromatic heterocycles. The Hall–Kier alpha value is -4.39. The monoisotopic (exact) mass is 518 g/mol. The molecule has 0 bridgehead atoms. The first kappa shape index (κ1) is 24.7. The highest BCUT2D eigenvalue weighted by molar-refractivity contribution is 7.92. The van der Waals surface area contributed by atoms with Gasteiger partial charge in [0.2, 0.25) is 5.88 Å². The third kappa shape index (κ3) is 5.46. The minimum absolute atomic E-state index is 0.0203. The second kappa shape index (κ2) is 9.70. The van der Waals surface area contributed by atoms with E-state index in [2.05, 4.69) is 20.0 Å². The highest BCUT2D eigenvalue weighted by Crippen LogP contribution is 2.31. The summed E-state index contributed by atoms with van der Waals surface area (Å²) in [5.74, 6) is -0.965. The highest BCUT2D eigenvalue weighted by Gasteiger charge is 2.30. The van der Waals surface area contributed by atoms with Gasteiger partial charge >= 0.3 is 12.1 Å². The average molecular weight is 518 g/mol. The number of alkyl halides is 3. The molecule has 0 aliphatic heterocycles. The molecule has 36 heavy (non-hydrogen) atoms. The number of sulfonamides is 1. The molecular formula is C23H17F3N4O5S. The van der Waals surface area contributed by atoms with Crippen molar-refractivity contribution >= 4 is 27.3 Å². The summed E-state index contributed by atoms with van der Waals surface area (Å²) in [6.45, 7) is 0. The third-order valence-electron chi connectivity index (χ3n) is 4.78. The molecule has 4 aromatic rings. The topological polar surface area (TPSA) is 123 Å². The summed E-state index contributed by atoms with van der Waals surface area (Å²) in [5, 5.41) is 2.44. The van der Waals surface area contributed by atoms with E-state index >= 15 is 0 Å². The zero-order chi connectivity index (χ0) is 25.9. The third-order valence-corrected chi connectivity index (χ3v) is 6.16. The Kier molecular flexibility index (Phi) is 6.66. The minimum Gasteiger partial charge on any atom is -0.480 e. The molecule has 0 saturated carbocycles. The number of carbonyl (C=O) groups excluding carboxylic acids is 1. The van der Waals surface area contributed by atoms with Gasteiger partial charge < -0.3 is 14.5 Å². The first-order valence-corrected chi connectivity index (χ1v) is 11.6. The fourth-order valence-electron chi connectivity index (χ4n) is 3.08. The molecule has 1 amide bonds. The van der Waals surface area contributed by atoms with Crippen molar-refractivity contribution in [2.24, 2.45) is 0 Å². The van der Waals surface area contributed by atoms with E-state index in [1.54, 1.807) is 24.3 Å². The van der Waals surface area contributed by atoms with Crippen LogP contribution in [0.3, 0.4) is 0 Å². The van der Waals surface area contributed by atoms with Gasteiger partial charge in [0.05, 0.1) is 30.8 Å². The summed E-state index contributed by atoms with van der Waals surface area (Å²) in [5.41, 5.74) is -0.366. The predicted octanol–water partition coefficient (Wildman–Crippen LogP) is 4.82. The number of nitrogens with one attached hydrogen (secondary N) is 2. The Balaban J connectivity index is 1.55. The van der Waals surface area contributed by atoms with E-state index < -0.39 is 32.6 Å². The smallest absolute Gasteiger partial charge is 0.416 e. The van der Waals surface area contributed by atoms with E-state index in [0.717, 1.165) is 36.5 Å². The van der Waals surface area contributed by atoms with Crippen LogP contribution in [0.5, 0.6) is 5.88 Å². The number of methoxy groups -OCH3 is 1. The number of halogens is 3. The maximum Gasteiger partial charge on any atom is 0.416 e. The van der Waals surface area contributed by atoms with Gasteiger partial charge in [-0.25, -0.2) is 18.4 Å². The molecule has 186 valence electrons. The Morgan fingerprint density at radius 2 is 1.67 bits per heavy atom. The van der Waals surface area contributed by atoms with Crippen LogP contribution < -0.4 is 14.8 Å². The molecule has 0 unspecified atom stereocenters. The first-order valence-electron chi connectivity index (χ1n) is 10.1. The number of benzene rings is 2. The molecule has 2 aromatic carbocycles. The Labute approximate surface area is 203 Å². The van der Waals surface area contributed by atoms with E-state index in [-0.39, 0.29) is 23.1 Å². The van der Waals surface area contributed by atoms with Gasteiger partial charge in [0.25, 0.3) is 15.9 Å². The van der Waals surface area contributed by atoms with E-state index in [4.69, 9.17) is 9.15 Å². The molecule has 0 fully saturated rings. The van der Waals surface area contributed by atoms with Crippen LogP contribution in [0.2, 0.25) is 0 Å². The largest absolute Gasteiger partial charge is 0.480 e. The van der Waals surface area contributed by atoms with E-state index in [1.807, 2.05) is 6.07 Å². The number of oxazole rings is 1. The summed E-state index contributed by atoms with van der Waals surface area (Å²) in [4.78, 5) is 20.0. The minimum atomic E-state index is -4.57. The van der Waals surface area contributed by atoms with Crippen molar-refractivity contribution in [3.8, 4) is 17.2 Å². The molecule has 0 spiro atoms. The van der Waals surface area contributed by atoms with E-state index in [0.29, 0.717) is 11.3 Å². The summed E-state index contributed by atoms with van der Waals surface area (Å²) in [6.07, 6.45) is -2.03. The Bertz CT molecular complexity index is 1490. The fraction of sp³-hybridized carbons (Fsp3) is 0.0870. The molecule has 13 heteroatoms. The SMILES string of the molecule is COc1ncc(NC(=O)c2ncc(-c3ccccc3)o2)cc1S(=O)(=O)Nc1ccc(C(F)(F)F)cc1. The van der Waals surface area contributed by atoms with Crippen molar-refractivity contribution in [1.82, 2.24) is 9.97 Å². The molecule has 0 radical (unpaired) electrons. The van der Waals surface area contributed by atoms with Crippen molar-refractivity contribution in [2.45, 2.75) is 11.1 Å². The number of pyridine rings is 1. The van der Waals surface area contributed by atoms with E-state index in [1.165, 1.54) is 13.3 Å². The lowest BCUT2D eigenvalue weighted by Gasteiger charge is -2.13. The number of aromatic nitrogens is 2. The van der Waals surface area contributed by atoms with Crippen LogP contribution in [0.4, 0.5) is 24.5 Å². The number of ether oxygens (including phenoxy) is 1. The number of amides is 1. The Morgan fingerprint density at radius 3 is 2.31 bits per heavy atom. The molecule has 4 rings (SSSR count). The van der Waals surface area contributed by atoms with Crippen molar-refractivity contribution in [3.05, 3.63) is 84.5 Å². The molecule has 0 saturated heterocycles. The van der Waals surface area contributed by atoms with Crippen LogP contribution >= 0.6 is 0 Å². The maximum absolute atomic E-state index is 12.9. The average Bonchev–Trinajstić information content (AvgIpc) is 3.35.